The van der Waals surface area contributed by atoms with Gasteiger partial charge in [0.1, 0.15) is 0 Å². The number of phenolic OH excluding ortho intramolecular Hbond substituents is 1. The van der Waals surface area contributed by atoms with E-state index in [-0.39, 0.29) is 5.75 Å². The van der Waals surface area contributed by atoms with Crippen LogP contribution in [0.3, 0.4) is 0 Å². The van der Waals surface area contributed by atoms with Gasteiger partial charge in [0, 0.05) is 11.8 Å². The van der Waals surface area contributed by atoms with Crippen LogP contribution in [0.4, 0.5) is 5.69 Å². The molecule has 3 nitrogen and oxygen atoms in total. The molecule has 0 aliphatic heterocycles. The van der Waals surface area contributed by atoms with Crippen LogP contribution in [0, 0.1) is 0 Å². The average molecular weight is 323 g/mol. The predicted octanol–water partition coefficient (Wildman–Crippen LogP) is 5.39. The molecule has 3 heteroatoms. The van der Waals surface area contributed by atoms with Crippen LogP contribution < -0.4 is 4.74 Å². The van der Waals surface area contributed by atoms with E-state index in [0.717, 1.165) is 16.8 Å². The highest BCUT2D eigenvalue weighted by Gasteiger charge is 2.09. The number of hydrogen-bond donors (Lipinski definition) is 1. The van der Waals surface area contributed by atoms with Crippen LogP contribution in [0.1, 0.15) is 43.4 Å². The predicted molar refractivity (Wildman–Crippen MR) is 101 cm³/mol. The Hall–Kier alpha value is -2.55. The summed E-state index contributed by atoms with van der Waals surface area (Å²) < 4.78 is 5.51. The number of allylic oxidation sites excluding steroid dienone is 1. The standard InChI is InChI=1S/C21H25NO2/c1-5-7-18-12-16(13-20(21(18)23)24-6-2)14-22-19-10-8-17(9-11-19)15(3)4/h5,8-15,23H,1,6-7H2,2-4H3. The Kier molecular flexibility index (Phi) is 6.19. The van der Waals surface area contributed by atoms with Crippen molar-refractivity contribution in [1.82, 2.24) is 0 Å². The first-order valence-corrected chi connectivity index (χ1v) is 8.28. The molecular weight excluding hydrogens is 298 g/mol. The lowest BCUT2D eigenvalue weighted by molar-refractivity contribution is 0.317. The fourth-order valence-corrected chi connectivity index (χ4v) is 2.43. The van der Waals surface area contributed by atoms with Gasteiger partial charge in [0.2, 0.25) is 0 Å². The van der Waals surface area contributed by atoms with Gasteiger partial charge in [0.25, 0.3) is 0 Å². The Morgan fingerprint density at radius 2 is 1.92 bits per heavy atom. The molecule has 0 unspecified atom stereocenters. The third-order valence-corrected chi connectivity index (χ3v) is 3.76. The van der Waals surface area contributed by atoms with E-state index >= 15 is 0 Å². The third kappa shape index (κ3) is 4.48. The molecule has 2 aromatic carbocycles. The summed E-state index contributed by atoms with van der Waals surface area (Å²) in [5, 5.41) is 10.2. The topological polar surface area (TPSA) is 41.8 Å². The lowest BCUT2D eigenvalue weighted by Crippen LogP contribution is -1.96. The van der Waals surface area contributed by atoms with Crippen LogP contribution in [0.5, 0.6) is 11.5 Å². The minimum Gasteiger partial charge on any atom is -0.504 e. The van der Waals surface area contributed by atoms with Gasteiger partial charge in [-0.15, -0.1) is 6.58 Å². The van der Waals surface area contributed by atoms with Crippen LogP contribution in [0.25, 0.3) is 0 Å². The normalized spacial score (nSPS) is 11.2. The maximum Gasteiger partial charge on any atom is 0.161 e. The molecule has 1 N–H and O–H groups in total. The molecule has 126 valence electrons. The molecule has 0 amide bonds. The molecule has 0 bridgehead atoms. The van der Waals surface area contributed by atoms with Gasteiger partial charge in [-0.3, -0.25) is 4.99 Å². The van der Waals surface area contributed by atoms with Crippen molar-refractivity contribution >= 4 is 11.9 Å². The largest absolute Gasteiger partial charge is 0.504 e. The quantitative estimate of drug-likeness (QED) is 0.548. The molecule has 0 atom stereocenters. The van der Waals surface area contributed by atoms with Crippen LogP contribution in [-0.2, 0) is 6.42 Å². The van der Waals surface area contributed by atoms with E-state index in [1.165, 1.54) is 5.56 Å². The number of phenols is 1. The molecule has 0 aliphatic rings. The minimum atomic E-state index is 0.176. The molecular formula is C21H25NO2. The molecule has 0 heterocycles. The molecule has 0 radical (unpaired) electrons. The van der Waals surface area contributed by atoms with Gasteiger partial charge >= 0.3 is 0 Å². The van der Waals surface area contributed by atoms with Crippen molar-refractivity contribution in [3.05, 3.63) is 65.7 Å². The maximum absolute atomic E-state index is 10.2. The molecule has 24 heavy (non-hydrogen) atoms. The Morgan fingerprint density at radius 3 is 2.50 bits per heavy atom. The molecule has 0 aliphatic carbocycles. The van der Waals surface area contributed by atoms with Gasteiger partial charge in [-0.2, -0.15) is 0 Å². The summed E-state index contributed by atoms with van der Waals surface area (Å²) >= 11 is 0. The van der Waals surface area contributed by atoms with Crippen LogP contribution in [0.15, 0.2) is 54.0 Å². The zero-order valence-corrected chi connectivity index (χ0v) is 14.6. The van der Waals surface area contributed by atoms with Gasteiger partial charge in [0.15, 0.2) is 11.5 Å². The minimum absolute atomic E-state index is 0.176. The van der Waals surface area contributed by atoms with Crippen molar-refractivity contribution in [2.45, 2.75) is 33.1 Å². The van der Waals surface area contributed by atoms with E-state index in [1.807, 2.05) is 25.1 Å². The van der Waals surface area contributed by atoms with Gasteiger partial charge in [-0.1, -0.05) is 32.1 Å². The van der Waals surface area contributed by atoms with Gasteiger partial charge in [-0.05, 0) is 54.7 Å². The van der Waals surface area contributed by atoms with Gasteiger partial charge in [-0.25, -0.2) is 0 Å². The number of aromatic hydroxyl groups is 1. The lowest BCUT2D eigenvalue weighted by atomic mass is 10.0. The molecule has 0 saturated carbocycles. The van der Waals surface area contributed by atoms with Crippen LogP contribution in [-0.4, -0.2) is 17.9 Å². The first-order valence-electron chi connectivity index (χ1n) is 8.28. The second-order valence-electron chi connectivity index (χ2n) is 5.96. The number of ether oxygens (including phenoxy) is 1. The first kappa shape index (κ1) is 17.8. The van der Waals surface area contributed by atoms with E-state index in [9.17, 15) is 5.11 Å². The maximum atomic E-state index is 10.2. The Bertz CT molecular complexity index is 715. The van der Waals surface area contributed by atoms with Crippen molar-refractivity contribution in [1.29, 1.82) is 0 Å². The van der Waals surface area contributed by atoms with E-state index < -0.39 is 0 Å². The van der Waals surface area contributed by atoms with E-state index in [4.69, 9.17) is 4.74 Å². The second kappa shape index (κ2) is 8.34. The number of benzene rings is 2. The number of rotatable bonds is 7. The summed E-state index contributed by atoms with van der Waals surface area (Å²) in [4.78, 5) is 4.52. The second-order valence-corrected chi connectivity index (χ2v) is 5.96. The van der Waals surface area contributed by atoms with Crippen molar-refractivity contribution < 1.29 is 9.84 Å². The van der Waals surface area contributed by atoms with Crippen LogP contribution in [0.2, 0.25) is 0 Å². The SMILES string of the molecule is C=CCc1cc(C=Nc2ccc(C(C)C)cc2)cc(OCC)c1O. The molecule has 2 rings (SSSR count). The first-order chi connectivity index (χ1) is 11.5. The highest BCUT2D eigenvalue weighted by Crippen LogP contribution is 2.32. The molecule has 0 spiro atoms. The summed E-state index contributed by atoms with van der Waals surface area (Å²) in [6.45, 7) is 10.5. The van der Waals surface area contributed by atoms with Crippen molar-refractivity contribution in [3.8, 4) is 11.5 Å². The highest BCUT2D eigenvalue weighted by atomic mass is 16.5. The number of hydrogen-bond acceptors (Lipinski definition) is 3. The van der Waals surface area contributed by atoms with Gasteiger partial charge < -0.3 is 9.84 Å². The summed E-state index contributed by atoms with van der Waals surface area (Å²) in [5.74, 6) is 1.17. The summed E-state index contributed by atoms with van der Waals surface area (Å²) in [6.07, 6.45) is 4.13. The van der Waals surface area contributed by atoms with Crippen molar-refractivity contribution in [2.75, 3.05) is 6.61 Å². The lowest BCUT2D eigenvalue weighted by Gasteiger charge is -2.11. The Balaban J connectivity index is 2.28. The highest BCUT2D eigenvalue weighted by molar-refractivity contribution is 5.83. The van der Waals surface area contributed by atoms with E-state index in [2.05, 4.69) is 37.6 Å². The monoisotopic (exact) mass is 323 g/mol. The zero-order valence-electron chi connectivity index (χ0n) is 14.6. The number of aliphatic imine (C=N–C) groups is 1. The van der Waals surface area contributed by atoms with E-state index in [1.54, 1.807) is 18.4 Å². The van der Waals surface area contributed by atoms with E-state index in [0.29, 0.717) is 24.7 Å². The zero-order chi connectivity index (χ0) is 17.5. The van der Waals surface area contributed by atoms with Crippen LogP contribution >= 0.6 is 0 Å². The smallest absolute Gasteiger partial charge is 0.161 e. The molecule has 0 aromatic heterocycles. The third-order valence-electron chi connectivity index (χ3n) is 3.76. The molecule has 0 fully saturated rings. The Labute approximate surface area is 144 Å². The number of nitrogens with zero attached hydrogens (tertiary/aromatic N) is 1. The Morgan fingerprint density at radius 1 is 1.21 bits per heavy atom. The van der Waals surface area contributed by atoms with Crippen molar-refractivity contribution in [3.63, 3.8) is 0 Å². The summed E-state index contributed by atoms with van der Waals surface area (Å²) in [7, 11) is 0. The fourth-order valence-electron chi connectivity index (χ4n) is 2.43. The fraction of sp³-hybridized carbons (Fsp3) is 0.286. The molecule has 0 saturated heterocycles. The molecule has 2 aromatic rings. The van der Waals surface area contributed by atoms with Crippen molar-refractivity contribution in [2.24, 2.45) is 4.99 Å². The van der Waals surface area contributed by atoms with Gasteiger partial charge in [0.05, 0.1) is 12.3 Å². The average Bonchev–Trinajstić information content (AvgIpc) is 2.57. The summed E-state index contributed by atoms with van der Waals surface area (Å²) in [6, 6.07) is 11.9. The summed E-state index contributed by atoms with van der Waals surface area (Å²) in [5.41, 5.74) is 3.87.